The lowest BCUT2D eigenvalue weighted by molar-refractivity contribution is 0.0857. The molecule has 0 amide bonds. The molecule has 1 aliphatic heterocycles. The van der Waals surface area contributed by atoms with E-state index in [4.69, 9.17) is 0 Å². The largest absolute Gasteiger partial charge is 0.305 e. The number of halogens is 1. The van der Waals surface area contributed by atoms with Crippen molar-refractivity contribution in [3.63, 3.8) is 0 Å². The molecule has 2 nitrogen and oxygen atoms in total. The van der Waals surface area contributed by atoms with Gasteiger partial charge < -0.3 is 5.32 Å². The van der Waals surface area contributed by atoms with Crippen molar-refractivity contribution in [2.24, 2.45) is 0 Å². The molecule has 3 heteroatoms. The third kappa shape index (κ3) is 2.39. The molecule has 1 aromatic carbocycles. The molecule has 1 N–H and O–H groups in total. The first kappa shape index (κ1) is 12.2. The second-order valence-electron chi connectivity index (χ2n) is 4.70. The van der Waals surface area contributed by atoms with Gasteiger partial charge in [-0.25, -0.2) is 4.39 Å². The van der Waals surface area contributed by atoms with Gasteiger partial charge in [-0.1, -0.05) is 25.5 Å². The second kappa shape index (κ2) is 4.96. The minimum atomic E-state index is -0.456. The SMILES string of the molecule is CCCC1(C(=O)c2cccc(F)c2)CCCN1. The van der Waals surface area contributed by atoms with Gasteiger partial charge in [0, 0.05) is 5.56 Å². The zero-order valence-corrected chi connectivity index (χ0v) is 10.1. The summed E-state index contributed by atoms with van der Waals surface area (Å²) in [6.45, 7) is 2.95. The summed E-state index contributed by atoms with van der Waals surface area (Å²) in [5, 5.41) is 3.32. The van der Waals surface area contributed by atoms with Crippen LogP contribution in [0.25, 0.3) is 0 Å². The Labute approximate surface area is 101 Å². The maximum atomic E-state index is 13.2. The Balaban J connectivity index is 2.28. The molecule has 1 atom stereocenters. The van der Waals surface area contributed by atoms with Crippen molar-refractivity contribution in [2.45, 2.75) is 38.1 Å². The molecule has 1 aromatic rings. The lowest BCUT2D eigenvalue weighted by Gasteiger charge is -2.27. The standard InChI is InChI=1S/C14H18FNO/c1-2-7-14(8-4-9-16-14)13(17)11-5-3-6-12(15)10-11/h3,5-6,10,16H,2,4,7-9H2,1H3. The third-order valence-electron chi connectivity index (χ3n) is 3.44. The minimum Gasteiger partial charge on any atom is -0.305 e. The van der Waals surface area contributed by atoms with Gasteiger partial charge in [0.2, 0.25) is 0 Å². The Hall–Kier alpha value is -1.22. The van der Waals surface area contributed by atoms with E-state index in [1.807, 2.05) is 0 Å². The summed E-state index contributed by atoms with van der Waals surface area (Å²) in [5.74, 6) is -0.308. The summed E-state index contributed by atoms with van der Waals surface area (Å²) < 4.78 is 13.2. The number of benzene rings is 1. The van der Waals surface area contributed by atoms with E-state index in [-0.39, 0.29) is 11.6 Å². The number of rotatable bonds is 4. The monoisotopic (exact) mass is 235 g/mol. The van der Waals surface area contributed by atoms with E-state index >= 15 is 0 Å². The van der Waals surface area contributed by atoms with Crippen molar-refractivity contribution in [1.82, 2.24) is 5.32 Å². The molecular formula is C14H18FNO. The summed E-state index contributed by atoms with van der Waals surface area (Å²) in [5.41, 5.74) is 0.0237. The van der Waals surface area contributed by atoms with Gasteiger partial charge in [-0.3, -0.25) is 4.79 Å². The molecule has 1 heterocycles. The number of hydrogen-bond acceptors (Lipinski definition) is 2. The van der Waals surface area contributed by atoms with E-state index < -0.39 is 5.54 Å². The highest BCUT2D eigenvalue weighted by atomic mass is 19.1. The first-order valence-corrected chi connectivity index (χ1v) is 6.23. The molecule has 92 valence electrons. The van der Waals surface area contributed by atoms with E-state index in [1.165, 1.54) is 12.1 Å². The summed E-state index contributed by atoms with van der Waals surface area (Å²) in [7, 11) is 0. The van der Waals surface area contributed by atoms with Crippen LogP contribution in [-0.4, -0.2) is 17.9 Å². The number of Topliss-reactive ketones (excluding diaryl/α,β-unsaturated/α-hetero) is 1. The average Bonchev–Trinajstić information content (AvgIpc) is 2.78. The molecule has 0 aromatic heterocycles. The van der Waals surface area contributed by atoms with Gasteiger partial charge in [0.25, 0.3) is 0 Å². The summed E-state index contributed by atoms with van der Waals surface area (Å²) in [6, 6.07) is 5.99. The van der Waals surface area contributed by atoms with E-state index in [0.29, 0.717) is 5.56 Å². The highest BCUT2D eigenvalue weighted by Gasteiger charge is 2.40. The molecule has 1 saturated heterocycles. The van der Waals surface area contributed by atoms with Crippen LogP contribution in [0.2, 0.25) is 0 Å². The fourth-order valence-electron chi connectivity index (χ4n) is 2.66. The van der Waals surface area contributed by atoms with Gasteiger partial charge in [0.1, 0.15) is 5.82 Å². The Morgan fingerprint density at radius 3 is 2.94 bits per heavy atom. The topological polar surface area (TPSA) is 29.1 Å². The van der Waals surface area contributed by atoms with Crippen LogP contribution in [0.3, 0.4) is 0 Å². The van der Waals surface area contributed by atoms with Gasteiger partial charge in [-0.2, -0.15) is 0 Å². The molecular weight excluding hydrogens is 217 g/mol. The maximum absolute atomic E-state index is 13.2. The fraction of sp³-hybridized carbons (Fsp3) is 0.500. The normalized spacial score (nSPS) is 23.9. The van der Waals surface area contributed by atoms with Gasteiger partial charge in [0.15, 0.2) is 5.78 Å². The van der Waals surface area contributed by atoms with Crippen molar-refractivity contribution in [1.29, 1.82) is 0 Å². The van der Waals surface area contributed by atoms with E-state index in [0.717, 1.165) is 32.2 Å². The first-order valence-electron chi connectivity index (χ1n) is 6.23. The molecule has 0 bridgehead atoms. The van der Waals surface area contributed by atoms with Gasteiger partial charge >= 0.3 is 0 Å². The summed E-state index contributed by atoms with van der Waals surface area (Å²) in [4.78, 5) is 12.5. The van der Waals surface area contributed by atoms with Crippen LogP contribution >= 0.6 is 0 Å². The minimum absolute atomic E-state index is 0.0383. The lowest BCUT2D eigenvalue weighted by atomic mass is 9.84. The molecule has 17 heavy (non-hydrogen) atoms. The van der Waals surface area contributed by atoms with Crippen molar-refractivity contribution < 1.29 is 9.18 Å². The number of ketones is 1. The molecule has 1 fully saturated rings. The van der Waals surface area contributed by atoms with Crippen molar-refractivity contribution in [2.75, 3.05) is 6.54 Å². The van der Waals surface area contributed by atoms with Crippen LogP contribution < -0.4 is 5.32 Å². The summed E-state index contributed by atoms with van der Waals surface area (Å²) in [6.07, 6.45) is 3.65. The molecule has 0 radical (unpaired) electrons. The van der Waals surface area contributed by atoms with Gasteiger partial charge in [0.05, 0.1) is 5.54 Å². The molecule has 0 spiro atoms. The van der Waals surface area contributed by atoms with E-state index in [2.05, 4.69) is 12.2 Å². The van der Waals surface area contributed by atoms with E-state index in [9.17, 15) is 9.18 Å². The van der Waals surface area contributed by atoms with Gasteiger partial charge in [-0.05, 0) is 37.9 Å². The van der Waals surface area contributed by atoms with Crippen LogP contribution in [0.4, 0.5) is 4.39 Å². The predicted octanol–water partition coefficient (Wildman–Crippen LogP) is 2.93. The van der Waals surface area contributed by atoms with Crippen LogP contribution in [0.5, 0.6) is 0 Å². The lowest BCUT2D eigenvalue weighted by Crippen LogP contribution is -2.47. The molecule has 2 rings (SSSR count). The van der Waals surface area contributed by atoms with Crippen LogP contribution in [0.1, 0.15) is 43.0 Å². The number of hydrogen-bond donors (Lipinski definition) is 1. The number of nitrogens with one attached hydrogen (secondary N) is 1. The first-order chi connectivity index (χ1) is 8.18. The Kier molecular flexibility index (Phi) is 3.57. The fourth-order valence-corrected chi connectivity index (χ4v) is 2.66. The smallest absolute Gasteiger partial charge is 0.182 e. The zero-order chi connectivity index (χ0) is 12.3. The zero-order valence-electron chi connectivity index (χ0n) is 10.1. The van der Waals surface area contributed by atoms with E-state index in [1.54, 1.807) is 12.1 Å². The van der Waals surface area contributed by atoms with Crippen molar-refractivity contribution in [3.8, 4) is 0 Å². The van der Waals surface area contributed by atoms with Gasteiger partial charge in [-0.15, -0.1) is 0 Å². The second-order valence-corrected chi connectivity index (χ2v) is 4.70. The Morgan fingerprint density at radius 2 is 2.35 bits per heavy atom. The molecule has 0 saturated carbocycles. The quantitative estimate of drug-likeness (QED) is 0.813. The molecule has 1 aliphatic rings. The average molecular weight is 235 g/mol. The number of carbonyl (C=O) groups is 1. The summed E-state index contributed by atoms with van der Waals surface area (Å²) >= 11 is 0. The maximum Gasteiger partial charge on any atom is 0.182 e. The molecule has 0 aliphatic carbocycles. The predicted molar refractivity (Wildman–Crippen MR) is 65.6 cm³/mol. The van der Waals surface area contributed by atoms with Crippen molar-refractivity contribution in [3.05, 3.63) is 35.6 Å². The third-order valence-corrected chi connectivity index (χ3v) is 3.44. The highest BCUT2D eigenvalue weighted by molar-refractivity contribution is 6.03. The molecule has 1 unspecified atom stereocenters. The van der Waals surface area contributed by atoms with Crippen LogP contribution in [-0.2, 0) is 0 Å². The van der Waals surface area contributed by atoms with Crippen molar-refractivity contribution >= 4 is 5.78 Å². The van der Waals surface area contributed by atoms with Crippen LogP contribution in [0.15, 0.2) is 24.3 Å². The Morgan fingerprint density at radius 1 is 1.53 bits per heavy atom. The Bertz CT molecular complexity index is 410. The highest BCUT2D eigenvalue weighted by Crippen LogP contribution is 2.28. The van der Waals surface area contributed by atoms with Crippen LogP contribution in [0, 0.1) is 5.82 Å². The number of carbonyl (C=O) groups excluding carboxylic acids is 1.